The summed E-state index contributed by atoms with van der Waals surface area (Å²) < 4.78 is 0. The van der Waals surface area contributed by atoms with Crippen molar-refractivity contribution < 1.29 is 4.79 Å². The van der Waals surface area contributed by atoms with Crippen molar-refractivity contribution in [3.63, 3.8) is 0 Å². The van der Waals surface area contributed by atoms with E-state index in [4.69, 9.17) is 4.98 Å². The predicted molar refractivity (Wildman–Crippen MR) is 99.9 cm³/mol. The first-order chi connectivity index (χ1) is 12.6. The molecule has 2 aromatic heterocycles. The fraction of sp³-hybridized carbons (Fsp3) is 0.550. The lowest BCUT2D eigenvalue weighted by molar-refractivity contribution is 0.00689. The molecular formula is C20H27N5O. The molecular weight excluding hydrogens is 326 g/mol. The minimum Gasteiger partial charge on any atom is -0.348 e. The number of H-pyrrole nitrogens is 1. The average Bonchev–Trinajstić information content (AvgIpc) is 3.14. The molecule has 1 N–H and O–H groups in total. The van der Waals surface area contributed by atoms with Crippen molar-refractivity contribution in [1.82, 2.24) is 24.8 Å². The number of carbonyl (C=O) groups excluding carboxylic acids is 1. The Balaban J connectivity index is 1.55. The van der Waals surface area contributed by atoms with Crippen molar-refractivity contribution in [2.24, 2.45) is 0 Å². The van der Waals surface area contributed by atoms with Gasteiger partial charge in [-0.05, 0) is 44.9 Å². The second-order valence-corrected chi connectivity index (χ2v) is 7.45. The minimum atomic E-state index is -0.0274. The van der Waals surface area contributed by atoms with E-state index in [0.717, 1.165) is 57.6 Å². The topological polar surface area (TPSA) is 65.1 Å². The van der Waals surface area contributed by atoms with Crippen LogP contribution < -0.4 is 0 Å². The lowest BCUT2D eigenvalue weighted by atomic mass is 9.78. The van der Waals surface area contributed by atoms with E-state index in [1.165, 1.54) is 11.4 Å². The maximum atomic E-state index is 12.9. The average molecular weight is 353 g/mol. The molecule has 1 fully saturated rings. The Morgan fingerprint density at radius 3 is 2.81 bits per heavy atom. The molecule has 0 radical (unpaired) electrons. The fourth-order valence-electron chi connectivity index (χ4n) is 4.58. The van der Waals surface area contributed by atoms with Crippen LogP contribution in [0.15, 0.2) is 24.5 Å². The summed E-state index contributed by atoms with van der Waals surface area (Å²) in [4.78, 5) is 29.8. The Labute approximate surface area is 154 Å². The van der Waals surface area contributed by atoms with E-state index >= 15 is 0 Å². The van der Waals surface area contributed by atoms with E-state index in [0.29, 0.717) is 5.69 Å². The SMILES string of the molecule is CCCN1CCc2[nH]cnc2C12CCN(C(=O)c1cccc(C)n1)CC2. The summed E-state index contributed by atoms with van der Waals surface area (Å²) in [6, 6.07) is 5.64. The van der Waals surface area contributed by atoms with Gasteiger partial charge in [-0.25, -0.2) is 9.97 Å². The zero-order valence-corrected chi connectivity index (χ0v) is 15.7. The van der Waals surface area contributed by atoms with Gasteiger partial charge in [-0.3, -0.25) is 9.69 Å². The Hall–Kier alpha value is -2.21. The molecule has 1 spiro atoms. The Bertz CT molecular complexity index is 791. The van der Waals surface area contributed by atoms with E-state index in [-0.39, 0.29) is 11.4 Å². The molecule has 0 aliphatic carbocycles. The van der Waals surface area contributed by atoms with Crippen LogP contribution in [0.5, 0.6) is 0 Å². The number of aromatic nitrogens is 3. The number of fused-ring (bicyclic) bond motifs is 2. The highest BCUT2D eigenvalue weighted by Gasteiger charge is 2.46. The van der Waals surface area contributed by atoms with Crippen LogP contribution in [-0.4, -0.2) is 56.8 Å². The van der Waals surface area contributed by atoms with Crippen LogP contribution in [0.2, 0.25) is 0 Å². The fourth-order valence-corrected chi connectivity index (χ4v) is 4.58. The van der Waals surface area contributed by atoms with E-state index < -0.39 is 0 Å². The van der Waals surface area contributed by atoms with E-state index in [1.54, 1.807) is 0 Å². The molecule has 0 atom stereocenters. The number of nitrogens with one attached hydrogen (secondary N) is 1. The molecule has 0 saturated carbocycles. The second kappa shape index (κ2) is 6.83. The summed E-state index contributed by atoms with van der Waals surface area (Å²) in [6.45, 7) is 7.81. The minimum absolute atomic E-state index is 0.0274. The number of hydrogen-bond donors (Lipinski definition) is 1. The third kappa shape index (κ3) is 2.82. The summed E-state index contributed by atoms with van der Waals surface area (Å²) in [7, 11) is 0. The molecule has 2 aliphatic heterocycles. The molecule has 26 heavy (non-hydrogen) atoms. The van der Waals surface area contributed by atoms with Crippen LogP contribution in [0.3, 0.4) is 0 Å². The van der Waals surface area contributed by atoms with E-state index in [9.17, 15) is 4.79 Å². The third-order valence-electron chi connectivity index (χ3n) is 5.87. The number of imidazole rings is 1. The molecule has 138 valence electrons. The van der Waals surface area contributed by atoms with Crippen LogP contribution in [0.1, 0.15) is 53.8 Å². The molecule has 1 amide bonds. The molecule has 2 aliphatic rings. The van der Waals surface area contributed by atoms with Crippen molar-refractivity contribution in [2.75, 3.05) is 26.2 Å². The standard InChI is InChI=1S/C20H27N5O/c1-3-10-25-11-7-16-18(22-14-21-16)20(25)8-12-24(13-9-20)19(26)17-6-4-5-15(2)23-17/h4-6,14H,3,7-13H2,1-2H3,(H,21,22). The number of aryl methyl sites for hydroxylation is 1. The number of amides is 1. The van der Waals surface area contributed by atoms with Crippen molar-refractivity contribution in [3.8, 4) is 0 Å². The van der Waals surface area contributed by atoms with E-state index in [1.807, 2.05) is 36.4 Å². The largest absolute Gasteiger partial charge is 0.348 e. The highest BCUT2D eigenvalue weighted by Crippen LogP contribution is 2.42. The van der Waals surface area contributed by atoms with Crippen molar-refractivity contribution >= 4 is 5.91 Å². The van der Waals surface area contributed by atoms with Gasteiger partial charge in [0.05, 0.1) is 17.6 Å². The van der Waals surface area contributed by atoms with Crippen LogP contribution in [0, 0.1) is 6.92 Å². The van der Waals surface area contributed by atoms with Gasteiger partial charge >= 0.3 is 0 Å². The van der Waals surface area contributed by atoms with Crippen LogP contribution in [-0.2, 0) is 12.0 Å². The van der Waals surface area contributed by atoms with Gasteiger partial charge in [0.2, 0.25) is 0 Å². The van der Waals surface area contributed by atoms with Gasteiger partial charge < -0.3 is 9.88 Å². The van der Waals surface area contributed by atoms with E-state index in [2.05, 4.69) is 21.8 Å². The van der Waals surface area contributed by atoms with Gasteiger partial charge in [-0.1, -0.05) is 13.0 Å². The zero-order chi connectivity index (χ0) is 18.1. The van der Waals surface area contributed by atoms with Gasteiger partial charge in [0, 0.05) is 37.4 Å². The molecule has 0 bridgehead atoms. The van der Waals surface area contributed by atoms with Gasteiger partial charge in [0.25, 0.3) is 5.91 Å². The highest BCUT2D eigenvalue weighted by atomic mass is 16.2. The van der Waals surface area contributed by atoms with Gasteiger partial charge in [-0.15, -0.1) is 0 Å². The molecule has 4 heterocycles. The smallest absolute Gasteiger partial charge is 0.272 e. The van der Waals surface area contributed by atoms with Crippen LogP contribution in [0.25, 0.3) is 0 Å². The Morgan fingerprint density at radius 1 is 1.27 bits per heavy atom. The van der Waals surface area contributed by atoms with Gasteiger partial charge in [0.15, 0.2) is 0 Å². The second-order valence-electron chi connectivity index (χ2n) is 7.45. The number of hydrogen-bond acceptors (Lipinski definition) is 4. The van der Waals surface area contributed by atoms with Crippen LogP contribution >= 0.6 is 0 Å². The number of piperidine rings is 1. The summed E-state index contributed by atoms with van der Waals surface area (Å²) >= 11 is 0. The number of rotatable bonds is 3. The quantitative estimate of drug-likeness (QED) is 0.921. The first-order valence-corrected chi connectivity index (χ1v) is 9.65. The summed E-state index contributed by atoms with van der Waals surface area (Å²) in [5.74, 6) is 0.0450. The molecule has 2 aromatic rings. The molecule has 6 nitrogen and oxygen atoms in total. The molecule has 6 heteroatoms. The van der Waals surface area contributed by atoms with Crippen molar-refractivity contribution in [3.05, 3.63) is 47.3 Å². The summed E-state index contributed by atoms with van der Waals surface area (Å²) in [5, 5.41) is 0. The number of likely N-dealkylation sites (tertiary alicyclic amines) is 1. The monoisotopic (exact) mass is 353 g/mol. The first-order valence-electron chi connectivity index (χ1n) is 9.65. The van der Waals surface area contributed by atoms with Crippen molar-refractivity contribution in [1.29, 1.82) is 0 Å². The number of carbonyl (C=O) groups is 1. The lowest BCUT2D eigenvalue weighted by Gasteiger charge is -2.50. The number of pyridine rings is 1. The Kier molecular flexibility index (Phi) is 4.53. The molecule has 0 aromatic carbocycles. The molecule has 0 unspecified atom stereocenters. The highest BCUT2D eigenvalue weighted by molar-refractivity contribution is 5.92. The molecule has 1 saturated heterocycles. The molecule has 4 rings (SSSR count). The van der Waals surface area contributed by atoms with Crippen LogP contribution in [0.4, 0.5) is 0 Å². The normalized spacial score (nSPS) is 19.5. The van der Waals surface area contributed by atoms with Gasteiger partial charge in [-0.2, -0.15) is 0 Å². The number of aromatic amines is 1. The first kappa shape index (κ1) is 17.2. The van der Waals surface area contributed by atoms with Gasteiger partial charge in [0.1, 0.15) is 5.69 Å². The Morgan fingerprint density at radius 2 is 2.08 bits per heavy atom. The summed E-state index contributed by atoms with van der Waals surface area (Å²) in [6.07, 6.45) is 5.87. The zero-order valence-electron chi connectivity index (χ0n) is 15.7. The predicted octanol–water partition coefficient (Wildman–Crippen LogP) is 2.51. The third-order valence-corrected chi connectivity index (χ3v) is 5.87. The van der Waals surface area contributed by atoms with Crippen molar-refractivity contribution in [2.45, 2.75) is 45.1 Å². The summed E-state index contributed by atoms with van der Waals surface area (Å²) in [5.41, 5.74) is 3.89. The maximum absolute atomic E-state index is 12.9. The lowest BCUT2D eigenvalue weighted by Crippen LogP contribution is -2.57. The number of nitrogens with zero attached hydrogens (tertiary/aromatic N) is 4. The maximum Gasteiger partial charge on any atom is 0.272 e.